The quantitative estimate of drug-likeness (QED) is 0.511. The van der Waals surface area contributed by atoms with Crippen molar-refractivity contribution in [1.82, 2.24) is 29.9 Å². The van der Waals surface area contributed by atoms with Gasteiger partial charge < -0.3 is 9.80 Å². The fourth-order valence-corrected chi connectivity index (χ4v) is 3.99. The van der Waals surface area contributed by atoms with Crippen molar-refractivity contribution in [2.24, 2.45) is 0 Å². The number of hydrogen-bond donors (Lipinski definition) is 0. The van der Waals surface area contributed by atoms with Crippen LogP contribution >= 0.6 is 0 Å². The van der Waals surface area contributed by atoms with Crippen molar-refractivity contribution in [1.29, 1.82) is 0 Å². The molecule has 1 saturated heterocycles. The highest BCUT2D eigenvalue weighted by Gasteiger charge is 2.25. The summed E-state index contributed by atoms with van der Waals surface area (Å²) in [7, 11) is 0. The molecule has 2 aromatic heterocycles. The largest absolute Gasteiger partial charge is 0.351 e. The number of amides is 1. The van der Waals surface area contributed by atoms with Gasteiger partial charge in [0.2, 0.25) is 5.91 Å². The highest BCUT2D eigenvalue weighted by Crippen LogP contribution is 2.23. The average Bonchev–Trinajstić information content (AvgIpc) is 3.24. The van der Waals surface area contributed by atoms with Gasteiger partial charge in [0.15, 0.2) is 17.0 Å². The first-order valence-corrected chi connectivity index (χ1v) is 10.4. The molecule has 5 rings (SSSR count). The van der Waals surface area contributed by atoms with Crippen molar-refractivity contribution in [2.75, 3.05) is 31.1 Å². The third-order valence-corrected chi connectivity index (χ3v) is 5.59. The third-order valence-electron chi connectivity index (χ3n) is 5.59. The van der Waals surface area contributed by atoms with Gasteiger partial charge in [0, 0.05) is 26.2 Å². The number of aryl methyl sites for hydroxylation is 1. The van der Waals surface area contributed by atoms with Crippen molar-refractivity contribution >= 4 is 22.9 Å². The molecule has 0 spiro atoms. The number of carbonyl (C=O) groups excluding carboxylic acids is 1. The second kappa shape index (κ2) is 8.14. The summed E-state index contributed by atoms with van der Waals surface area (Å²) in [4.78, 5) is 25.7. The summed E-state index contributed by atoms with van der Waals surface area (Å²) in [5.41, 5.74) is 4.48. The third kappa shape index (κ3) is 3.84. The molecular weight excluding hydrogens is 390 g/mol. The van der Waals surface area contributed by atoms with Crippen molar-refractivity contribution in [3.63, 3.8) is 0 Å². The minimum absolute atomic E-state index is 0.160. The number of hydrogen-bond acceptors (Lipinski definition) is 6. The summed E-state index contributed by atoms with van der Waals surface area (Å²) in [5, 5.41) is 8.65. The maximum Gasteiger partial charge on any atom is 0.227 e. The van der Waals surface area contributed by atoms with E-state index < -0.39 is 0 Å². The lowest BCUT2D eigenvalue weighted by Crippen LogP contribution is -2.49. The fourth-order valence-electron chi connectivity index (χ4n) is 3.99. The lowest BCUT2D eigenvalue weighted by Gasteiger charge is -2.35. The molecule has 0 saturated carbocycles. The molecule has 3 heterocycles. The van der Waals surface area contributed by atoms with Crippen LogP contribution < -0.4 is 4.90 Å². The van der Waals surface area contributed by atoms with Gasteiger partial charge >= 0.3 is 0 Å². The van der Waals surface area contributed by atoms with Crippen LogP contribution in [-0.2, 0) is 11.2 Å². The van der Waals surface area contributed by atoms with Gasteiger partial charge in [-0.05, 0) is 24.6 Å². The van der Waals surface area contributed by atoms with Gasteiger partial charge in [-0.1, -0.05) is 53.2 Å². The van der Waals surface area contributed by atoms with Crippen LogP contribution in [0, 0.1) is 6.92 Å². The smallest absolute Gasteiger partial charge is 0.227 e. The zero-order chi connectivity index (χ0) is 21.2. The minimum atomic E-state index is 0.160. The van der Waals surface area contributed by atoms with Crippen molar-refractivity contribution in [3.8, 4) is 5.69 Å². The summed E-state index contributed by atoms with van der Waals surface area (Å²) in [5.74, 6) is 0.922. The Kier molecular flexibility index (Phi) is 5.03. The molecule has 0 bridgehead atoms. The summed E-state index contributed by atoms with van der Waals surface area (Å²) < 4.78 is 1.72. The number of fused-ring (bicyclic) bond motifs is 1. The number of carbonyl (C=O) groups is 1. The van der Waals surface area contributed by atoms with Gasteiger partial charge in [0.25, 0.3) is 0 Å². The first-order valence-electron chi connectivity index (χ1n) is 10.4. The second-order valence-electron chi connectivity index (χ2n) is 7.74. The minimum Gasteiger partial charge on any atom is -0.351 e. The van der Waals surface area contributed by atoms with E-state index in [0.717, 1.165) is 17.1 Å². The summed E-state index contributed by atoms with van der Waals surface area (Å²) in [6.07, 6.45) is 1.99. The second-order valence-corrected chi connectivity index (χ2v) is 7.74. The number of benzene rings is 2. The molecule has 2 aromatic carbocycles. The lowest BCUT2D eigenvalue weighted by atomic mass is 10.1. The van der Waals surface area contributed by atoms with Crippen LogP contribution in [0.15, 0.2) is 60.9 Å². The van der Waals surface area contributed by atoms with Gasteiger partial charge in [-0.25, -0.2) is 9.97 Å². The van der Waals surface area contributed by atoms with Crippen molar-refractivity contribution in [2.45, 2.75) is 13.3 Å². The Morgan fingerprint density at radius 1 is 0.968 bits per heavy atom. The Morgan fingerprint density at radius 3 is 2.55 bits per heavy atom. The molecule has 4 aromatic rings. The van der Waals surface area contributed by atoms with E-state index in [4.69, 9.17) is 0 Å². The number of anilines is 1. The van der Waals surface area contributed by atoms with Crippen LogP contribution in [0.3, 0.4) is 0 Å². The van der Waals surface area contributed by atoms with E-state index in [1.165, 1.54) is 5.56 Å². The first kappa shape index (κ1) is 19.2. The topological polar surface area (TPSA) is 80.0 Å². The zero-order valence-corrected chi connectivity index (χ0v) is 17.3. The Balaban J connectivity index is 1.30. The van der Waals surface area contributed by atoms with E-state index in [0.29, 0.717) is 43.8 Å². The van der Waals surface area contributed by atoms with Gasteiger partial charge in [0.1, 0.15) is 6.33 Å². The van der Waals surface area contributed by atoms with E-state index in [9.17, 15) is 4.79 Å². The molecule has 0 radical (unpaired) electrons. The highest BCUT2D eigenvalue weighted by atomic mass is 16.2. The van der Waals surface area contributed by atoms with E-state index in [1.807, 2.05) is 60.4 Å². The molecule has 1 amide bonds. The van der Waals surface area contributed by atoms with Crippen LogP contribution in [0.25, 0.3) is 16.9 Å². The number of rotatable bonds is 4. The molecule has 1 aliphatic heterocycles. The molecule has 0 N–H and O–H groups in total. The molecular formula is C23H23N7O. The molecule has 8 nitrogen and oxygen atoms in total. The molecule has 156 valence electrons. The van der Waals surface area contributed by atoms with Crippen LogP contribution in [0.1, 0.15) is 11.1 Å². The summed E-state index contributed by atoms with van der Waals surface area (Å²) in [6.45, 7) is 4.75. The van der Waals surface area contributed by atoms with Crippen molar-refractivity contribution < 1.29 is 4.79 Å². The van der Waals surface area contributed by atoms with E-state index >= 15 is 0 Å². The first-order chi connectivity index (χ1) is 15.2. The van der Waals surface area contributed by atoms with Crippen LogP contribution in [-0.4, -0.2) is 61.9 Å². The summed E-state index contributed by atoms with van der Waals surface area (Å²) in [6, 6.07) is 17.9. The molecule has 0 atom stereocenters. The molecule has 0 aliphatic carbocycles. The molecule has 0 unspecified atom stereocenters. The SMILES string of the molecule is Cc1cccc(CC(=O)N2CCN(c3ncnc4c3nnn4-c3ccccc3)CC2)c1. The Bertz CT molecular complexity index is 1210. The van der Waals surface area contributed by atoms with Crippen LogP contribution in [0.2, 0.25) is 0 Å². The Labute approximate surface area is 180 Å². The number of para-hydroxylation sites is 1. The van der Waals surface area contributed by atoms with Crippen molar-refractivity contribution in [3.05, 3.63) is 72.1 Å². The number of nitrogens with zero attached hydrogens (tertiary/aromatic N) is 7. The maximum absolute atomic E-state index is 12.8. The fraction of sp³-hybridized carbons (Fsp3) is 0.261. The van der Waals surface area contributed by atoms with E-state index in [2.05, 4.69) is 31.2 Å². The van der Waals surface area contributed by atoms with Crippen LogP contribution in [0.4, 0.5) is 5.82 Å². The van der Waals surface area contributed by atoms with Gasteiger partial charge in [0.05, 0.1) is 12.1 Å². The number of piperazine rings is 1. The van der Waals surface area contributed by atoms with Gasteiger partial charge in [-0.3, -0.25) is 4.79 Å². The Hall–Kier alpha value is -3.81. The van der Waals surface area contributed by atoms with Gasteiger partial charge in [-0.2, -0.15) is 4.68 Å². The predicted molar refractivity (Wildman–Crippen MR) is 118 cm³/mol. The monoisotopic (exact) mass is 413 g/mol. The molecule has 31 heavy (non-hydrogen) atoms. The van der Waals surface area contributed by atoms with E-state index in [1.54, 1.807) is 11.0 Å². The summed E-state index contributed by atoms with van der Waals surface area (Å²) >= 11 is 0. The standard InChI is InChI=1S/C23H23N7O/c1-17-6-5-7-18(14-17)15-20(31)28-10-12-29(13-11-28)22-21-23(25-16-24-22)30(27-26-21)19-8-3-2-4-9-19/h2-9,14,16H,10-13,15H2,1H3. The molecule has 1 aliphatic rings. The van der Waals surface area contributed by atoms with Crippen LogP contribution in [0.5, 0.6) is 0 Å². The maximum atomic E-state index is 12.8. The zero-order valence-electron chi connectivity index (χ0n) is 17.3. The molecule has 8 heteroatoms. The predicted octanol–water partition coefficient (Wildman–Crippen LogP) is 2.41. The highest BCUT2D eigenvalue weighted by molar-refractivity contribution is 5.84. The normalized spacial score (nSPS) is 14.2. The average molecular weight is 413 g/mol. The lowest BCUT2D eigenvalue weighted by molar-refractivity contribution is -0.130. The van der Waals surface area contributed by atoms with Gasteiger partial charge in [-0.15, -0.1) is 5.10 Å². The van der Waals surface area contributed by atoms with E-state index in [-0.39, 0.29) is 5.91 Å². The Morgan fingerprint density at radius 2 is 1.77 bits per heavy atom. The number of aromatic nitrogens is 5. The molecule has 1 fully saturated rings.